The Hall–Kier alpha value is -4.24. The highest BCUT2D eigenvalue weighted by molar-refractivity contribution is 7.98. The smallest absolute Gasteiger partial charge is 0.255 e. The van der Waals surface area contributed by atoms with Gasteiger partial charge in [-0.3, -0.25) is 4.79 Å². The second-order valence-corrected chi connectivity index (χ2v) is 12.1. The number of nitrogens with zero attached hydrogens (tertiary/aromatic N) is 3. The van der Waals surface area contributed by atoms with E-state index in [9.17, 15) is 4.79 Å². The summed E-state index contributed by atoms with van der Waals surface area (Å²) < 4.78 is 7.92. The predicted octanol–water partition coefficient (Wildman–Crippen LogP) is 8.69. The van der Waals surface area contributed by atoms with Crippen LogP contribution in [0.3, 0.4) is 0 Å². The number of para-hydroxylation sites is 1. The fraction of sp³-hybridized carbons (Fsp3) is 0.147. The minimum absolute atomic E-state index is 0.233. The van der Waals surface area contributed by atoms with E-state index < -0.39 is 6.04 Å². The van der Waals surface area contributed by atoms with Gasteiger partial charge in [0.05, 0.1) is 5.57 Å². The van der Waals surface area contributed by atoms with E-state index in [-0.39, 0.29) is 5.91 Å². The Morgan fingerprint density at radius 1 is 0.932 bits per heavy atom. The monoisotopic (exact) mass is 641 g/mol. The van der Waals surface area contributed by atoms with Gasteiger partial charge in [0.25, 0.3) is 5.91 Å². The third-order valence-electron chi connectivity index (χ3n) is 7.31. The maximum atomic E-state index is 14.0. The number of ether oxygens (including phenoxy) is 1. The number of rotatable bonds is 9. The summed E-state index contributed by atoms with van der Waals surface area (Å²) in [6, 6.07) is 30.1. The number of hydrogen-bond donors (Lipinski definition) is 2. The van der Waals surface area contributed by atoms with Crippen molar-refractivity contribution in [3.05, 3.63) is 141 Å². The first-order valence-electron chi connectivity index (χ1n) is 14.0. The fourth-order valence-corrected chi connectivity index (χ4v) is 6.31. The highest BCUT2D eigenvalue weighted by Crippen LogP contribution is 2.38. The van der Waals surface area contributed by atoms with E-state index in [2.05, 4.69) is 10.6 Å². The lowest BCUT2D eigenvalue weighted by molar-refractivity contribution is -0.113. The Bertz CT molecular complexity index is 1870. The molecule has 1 amide bonds. The number of carbonyl (C=O) groups is 1. The molecule has 0 bridgehead atoms. The first-order valence-corrected chi connectivity index (χ1v) is 15.7. The summed E-state index contributed by atoms with van der Waals surface area (Å²) >= 11 is 14.2. The largest absolute Gasteiger partial charge is 0.489 e. The number of allylic oxidation sites excluding steroid dienone is 1. The number of thioether (sulfide) groups is 1. The Labute approximate surface area is 270 Å². The van der Waals surface area contributed by atoms with Crippen molar-refractivity contribution in [3.8, 4) is 5.75 Å². The zero-order valence-corrected chi connectivity index (χ0v) is 26.4. The third kappa shape index (κ3) is 6.48. The van der Waals surface area contributed by atoms with Gasteiger partial charge in [-0.15, -0.1) is 5.10 Å². The van der Waals surface area contributed by atoms with Gasteiger partial charge in [0.2, 0.25) is 11.1 Å². The van der Waals surface area contributed by atoms with Crippen molar-refractivity contribution in [1.82, 2.24) is 14.8 Å². The molecule has 1 aromatic heterocycles. The Kier molecular flexibility index (Phi) is 8.93. The number of halogens is 2. The summed E-state index contributed by atoms with van der Waals surface area (Å²) in [6.07, 6.45) is 0. The predicted molar refractivity (Wildman–Crippen MR) is 178 cm³/mol. The first kappa shape index (κ1) is 29.8. The number of fused-ring (bicyclic) bond motifs is 1. The summed E-state index contributed by atoms with van der Waals surface area (Å²) in [4.78, 5) is 18.7. The van der Waals surface area contributed by atoms with Gasteiger partial charge in [-0.05, 0) is 60.9 Å². The highest BCUT2D eigenvalue weighted by Gasteiger charge is 2.35. The van der Waals surface area contributed by atoms with Crippen LogP contribution < -0.4 is 15.4 Å². The number of benzene rings is 4. The average Bonchev–Trinajstić information content (AvgIpc) is 3.43. The molecule has 2 heterocycles. The van der Waals surface area contributed by atoms with Crippen LogP contribution in [0.4, 0.5) is 11.6 Å². The van der Waals surface area contributed by atoms with Crippen LogP contribution in [0.5, 0.6) is 5.75 Å². The van der Waals surface area contributed by atoms with Crippen molar-refractivity contribution < 1.29 is 9.53 Å². The SMILES string of the molecule is CC1=C(C(=O)Nc2ccccc2C)C(c2cccc(OCc3ccccc3Cl)c2)n2nc(SCc3ccccc3Cl)nc2N1. The van der Waals surface area contributed by atoms with Gasteiger partial charge in [-0.1, -0.05) is 102 Å². The van der Waals surface area contributed by atoms with Crippen molar-refractivity contribution in [2.24, 2.45) is 0 Å². The number of anilines is 2. The third-order valence-corrected chi connectivity index (χ3v) is 8.94. The molecule has 1 unspecified atom stereocenters. The second kappa shape index (κ2) is 13.2. The number of aromatic nitrogens is 3. The van der Waals surface area contributed by atoms with Crippen molar-refractivity contribution >= 4 is 52.5 Å². The molecule has 7 nitrogen and oxygen atoms in total. The minimum Gasteiger partial charge on any atom is -0.489 e. The fourth-order valence-electron chi connectivity index (χ4n) is 5.01. The summed E-state index contributed by atoms with van der Waals surface area (Å²) in [6.45, 7) is 4.15. The molecule has 1 aliphatic heterocycles. The van der Waals surface area contributed by atoms with Gasteiger partial charge < -0.3 is 15.4 Å². The van der Waals surface area contributed by atoms with Crippen LogP contribution in [0.2, 0.25) is 10.0 Å². The highest BCUT2D eigenvalue weighted by atomic mass is 35.5. The molecule has 10 heteroatoms. The van der Waals surface area contributed by atoms with Crippen LogP contribution in [0.15, 0.2) is 113 Å². The molecule has 0 fully saturated rings. The van der Waals surface area contributed by atoms with Crippen LogP contribution in [0.1, 0.15) is 35.2 Å². The lowest BCUT2D eigenvalue weighted by Gasteiger charge is -2.29. The van der Waals surface area contributed by atoms with Crippen LogP contribution in [-0.2, 0) is 17.2 Å². The Balaban J connectivity index is 1.34. The van der Waals surface area contributed by atoms with Crippen LogP contribution in [0, 0.1) is 6.92 Å². The maximum absolute atomic E-state index is 14.0. The molecule has 0 saturated carbocycles. The van der Waals surface area contributed by atoms with Crippen LogP contribution in [-0.4, -0.2) is 20.7 Å². The summed E-state index contributed by atoms with van der Waals surface area (Å²) in [5.41, 5.74) is 5.62. The first-order chi connectivity index (χ1) is 21.4. The summed E-state index contributed by atoms with van der Waals surface area (Å²) in [5.74, 6) is 1.56. The van der Waals surface area contributed by atoms with Crippen LogP contribution >= 0.6 is 35.0 Å². The van der Waals surface area contributed by atoms with Crippen molar-refractivity contribution in [1.29, 1.82) is 0 Å². The molecule has 0 spiro atoms. The zero-order chi connectivity index (χ0) is 30.6. The molecule has 1 atom stereocenters. The van der Waals surface area contributed by atoms with Gasteiger partial charge in [0.1, 0.15) is 18.4 Å². The minimum atomic E-state index is -0.568. The summed E-state index contributed by atoms with van der Waals surface area (Å²) in [7, 11) is 0. The molecule has 0 aliphatic carbocycles. The van der Waals surface area contributed by atoms with Crippen molar-refractivity contribution in [2.75, 3.05) is 10.6 Å². The molecule has 0 radical (unpaired) electrons. The molecule has 0 saturated heterocycles. The molecule has 44 heavy (non-hydrogen) atoms. The van der Waals surface area contributed by atoms with Crippen molar-refractivity contribution in [2.45, 2.75) is 37.4 Å². The second-order valence-electron chi connectivity index (χ2n) is 10.3. The van der Waals surface area contributed by atoms with Gasteiger partial charge in [-0.2, -0.15) is 4.98 Å². The summed E-state index contributed by atoms with van der Waals surface area (Å²) in [5, 5.41) is 13.2. The Morgan fingerprint density at radius 2 is 1.64 bits per heavy atom. The molecule has 5 aromatic rings. The lowest BCUT2D eigenvalue weighted by atomic mass is 9.94. The molecule has 1 aliphatic rings. The molecule has 6 rings (SSSR count). The van der Waals surface area contributed by atoms with E-state index in [1.165, 1.54) is 11.8 Å². The number of carbonyl (C=O) groups excluding carboxylic acids is 1. The Morgan fingerprint density at radius 3 is 2.39 bits per heavy atom. The normalized spacial score (nSPS) is 14.1. The van der Waals surface area contributed by atoms with Crippen molar-refractivity contribution in [3.63, 3.8) is 0 Å². The van der Waals surface area contributed by atoms with E-state index in [0.29, 0.717) is 50.5 Å². The molecular formula is C34H29Cl2N5O2S. The van der Waals surface area contributed by atoms with E-state index in [1.807, 2.05) is 111 Å². The lowest BCUT2D eigenvalue weighted by Crippen LogP contribution is -2.31. The van der Waals surface area contributed by atoms with Gasteiger partial charge in [-0.25, -0.2) is 4.68 Å². The van der Waals surface area contributed by atoms with Crippen LogP contribution in [0.25, 0.3) is 0 Å². The number of aryl methyl sites for hydroxylation is 1. The quantitative estimate of drug-likeness (QED) is 0.157. The van der Waals surface area contributed by atoms with Gasteiger partial charge in [0, 0.05) is 32.7 Å². The van der Waals surface area contributed by atoms with Gasteiger partial charge >= 0.3 is 0 Å². The van der Waals surface area contributed by atoms with E-state index in [4.69, 9.17) is 38.0 Å². The van der Waals surface area contributed by atoms with E-state index in [0.717, 1.165) is 27.9 Å². The number of hydrogen-bond acceptors (Lipinski definition) is 6. The standard InChI is InChI=1S/C34H29Cl2N5O2S/c1-21-10-3-8-17-29(21)38-32(42)30-22(2)37-33-39-34(44-20-25-12-5-7-16-28(25)36)40-41(33)31(30)23-13-9-14-26(18-23)43-19-24-11-4-6-15-27(24)35/h3-18,31H,19-20H2,1-2H3,(H,38,42)(H,37,39,40). The van der Waals surface area contributed by atoms with Gasteiger partial charge in [0.15, 0.2) is 0 Å². The average molecular weight is 643 g/mol. The molecule has 222 valence electrons. The number of nitrogens with one attached hydrogen (secondary N) is 2. The number of amides is 1. The maximum Gasteiger partial charge on any atom is 0.255 e. The van der Waals surface area contributed by atoms with E-state index in [1.54, 1.807) is 4.68 Å². The molecule has 4 aromatic carbocycles. The molecular weight excluding hydrogens is 613 g/mol. The topological polar surface area (TPSA) is 81.1 Å². The van der Waals surface area contributed by atoms with E-state index >= 15 is 0 Å². The zero-order valence-electron chi connectivity index (χ0n) is 24.1. The molecule has 2 N–H and O–H groups in total.